The van der Waals surface area contributed by atoms with E-state index in [0.29, 0.717) is 5.56 Å². The average Bonchev–Trinajstić information content (AvgIpc) is 2.82. The topological polar surface area (TPSA) is 101 Å². The van der Waals surface area contributed by atoms with Crippen molar-refractivity contribution in [2.75, 3.05) is 6.26 Å². The van der Waals surface area contributed by atoms with Gasteiger partial charge in [0.25, 0.3) is 0 Å². The number of nitrogens with one attached hydrogen (secondary N) is 1. The van der Waals surface area contributed by atoms with Crippen LogP contribution in [0.2, 0.25) is 0 Å². The smallest absolute Gasteiger partial charge is 0.346 e. The van der Waals surface area contributed by atoms with Crippen LogP contribution in [-0.2, 0) is 21.2 Å². The van der Waals surface area contributed by atoms with E-state index in [0.717, 1.165) is 27.7 Å². The van der Waals surface area contributed by atoms with E-state index in [1.807, 2.05) is 0 Å². The summed E-state index contributed by atoms with van der Waals surface area (Å²) < 4.78 is 23.5. The number of hydrogen-bond donors (Lipinski definition) is 2. The largest absolute Gasteiger partial charge is 0.477 e. The van der Waals surface area contributed by atoms with Gasteiger partial charge in [-0.15, -0.1) is 11.3 Å². The molecule has 2 N–H and O–H groups in total. The molecule has 0 aliphatic carbocycles. The number of rotatable bonds is 5. The molecule has 8 heteroatoms. The Morgan fingerprint density at radius 1 is 1.32 bits per heavy atom. The minimum Gasteiger partial charge on any atom is -0.477 e. The number of benzene rings is 1. The monoisotopic (exact) mass is 341 g/mol. The summed E-state index contributed by atoms with van der Waals surface area (Å²) in [5.41, 5.74) is 0.488. The number of carbonyl (C=O) groups excluding carboxylic acids is 1. The zero-order valence-electron chi connectivity index (χ0n) is 12.0. The van der Waals surface area contributed by atoms with Crippen LogP contribution >= 0.6 is 11.3 Å². The maximum absolute atomic E-state index is 11.9. The van der Waals surface area contributed by atoms with Crippen LogP contribution in [-0.4, -0.2) is 36.9 Å². The normalized spacial score (nSPS) is 13.0. The number of sulfone groups is 1. The molecule has 0 aliphatic rings. The predicted octanol–water partition coefficient (Wildman–Crippen LogP) is 1.65. The highest BCUT2D eigenvalue weighted by molar-refractivity contribution is 7.92. The second kappa shape index (κ2) is 6.05. The molecule has 22 heavy (non-hydrogen) atoms. The van der Waals surface area contributed by atoms with Gasteiger partial charge in [0.2, 0.25) is 5.91 Å². The van der Waals surface area contributed by atoms with Gasteiger partial charge in [0, 0.05) is 23.1 Å². The fraction of sp³-hybridized carbons (Fsp3) is 0.286. The molecular weight excluding hydrogens is 326 g/mol. The standard InChI is InChI=1S/C14H15NO5S2/c1-8(22(2,19)20)13(16)15-7-10-9-5-3-4-6-11(9)21-12(10)14(17)18/h3-6,8H,7H2,1-2H3,(H,15,16)(H,17,18). The lowest BCUT2D eigenvalue weighted by atomic mass is 10.1. The van der Waals surface area contributed by atoms with Crippen LogP contribution in [0.5, 0.6) is 0 Å². The molecule has 0 aliphatic heterocycles. The maximum atomic E-state index is 11.9. The first-order valence-corrected chi connectivity index (χ1v) is 9.19. The molecule has 118 valence electrons. The highest BCUT2D eigenvalue weighted by Crippen LogP contribution is 2.31. The third-order valence-corrected chi connectivity index (χ3v) is 6.04. The molecule has 0 saturated heterocycles. The molecule has 2 rings (SSSR count). The van der Waals surface area contributed by atoms with Crippen molar-refractivity contribution in [1.29, 1.82) is 0 Å². The quantitative estimate of drug-likeness (QED) is 0.861. The van der Waals surface area contributed by atoms with Crippen molar-refractivity contribution in [3.05, 3.63) is 34.7 Å². The van der Waals surface area contributed by atoms with Crippen LogP contribution in [0.25, 0.3) is 10.1 Å². The third-order valence-electron chi connectivity index (χ3n) is 3.34. The van der Waals surface area contributed by atoms with E-state index < -0.39 is 27.0 Å². The lowest BCUT2D eigenvalue weighted by Gasteiger charge is -2.10. The third kappa shape index (κ3) is 3.28. The minimum absolute atomic E-state index is 0.0235. The average molecular weight is 341 g/mol. The maximum Gasteiger partial charge on any atom is 0.346 e. The Bertz CT molecular complexity index is 838. The van der Waals surface area contributed by atoms with Crippen LogP contribution in [0.4, 0.5) is 0 Å². The molecule has 2 aromatic rings. The van der Waals surface area contributed by atoms with Gasteiger partial charge in [-0.05, 0) is 18.4 Å². The summed E-state index contributed by atoms with van der Waals surface area (Å²) in [6, 6.07) is 7.17. The van der Waals surface area contributed by atoms with Crippen molar-refractivity contribution in [3.8, 4) is 0 Å². The van der Waals surface area contributed by atoms with Crippen molar-refractivity contribution in [1.82, 2.24) is 5.32 Å². The summed E-state index contributed by atoms with van der Waals surface area (Å²) in [7, 11) is -3.49. The van der Waals surface area contributed by atoms with E-state index in [1.165, 1.54) is 6.92 Å². The van der Waals surface area contributed by atoms with Crippen LogP contribution in [0.15, 0.2) is 24.3 Å². The number of carboxylic acid groups (broad SMARTS) is 1. The van der Waals surface area contributed by atoms with Crippen molar-refractivity contribution in [3.63, 3.8) is 0 Å². The minimum atomic E-state index is -3.49. The van der Waals surface area contributed by atoms with Gasteiger partial charge in [-0.25, -0.2) is 13.2 Å². The molecule has 1 heterocycles. The van der Waals surface area contributed by atoms with E-state index in [4.69, 9.17) is 0 Å². The molecule has 1 aromatic carbocycles. The lowest BCUT2D eigenvalue weighted by Crippen LogP contribution is -2.37. The molecule has 0 fully saturated rings. The highest BCUT2D eigenvalue weighted by Gasteiger charge is 2.24. The van der Waals surface area contributed by atoms with Gasteiger partial charge in [0.15, 0.2) is 9.84 Å². The fourth-order valence-electron chi connectivity index (χ4n) is 1.96. The number of amides is 1. The second-order valence-corrected chi connectivity index (χ2v) is 8.32. The summed E-state index contributed by atoms with van der Waals surface area (Å²) in [5, 5.41) is 11.3. The van der Waals surface area contributed by atoms with Crippen LogP contribution < -0.4 is 5.32 Å². The van der Waals surface area contributed by atoms with E-state index in [2.05, 4.69) is 5.32 Å². The van der Waals surface area contributed by atoms with E-state index in [1.54, 1.807) is 24.3 Å². The van der Waals surface area contributed by atoms with Gasteiger partial charge in [0.1, 0.15) is 10.1 Å². The van der Waals surface area contributed by atoms with E-state index >= 15 is 0 Å². The number of fused-ring (bicyclic) bond motifs is 1. The van der Waals surface area contributed by atoms with Gasteiger partial charge in [-0.2, -0.15) is 0 Å². The zero-order valence-corrected chi connectivity index (χ0v) is 13.6. The number of carbonyl (C=O) groups is 2. The molecule has 0 bridgehead atoms. The Hall–Kier alpha value is -1.93. The first-order valence-electron chi connectivity index (χ1n) is 6.42. The first kappa shape index (κ1) is 16.4. The van der Waals surface area contributed by atoms with E-state index in [9.17, 15) is 23.1 Å². The second-order valence-electron chi connectivity index (χ2n) is 4.90. The summed E-state index contributed by atoms with van der Waals surface area (Å²) >= 11 is 1.13. The summed E-state index contributed by atoms with van der Waals surface area (Å²) in [4.78, 5) is 23.3. The molecule has 1 atom stereocenters. The Labute approximate surface area is 131 Å². The molecule has 0 spiro atoms. The summed E-state index contributed by atoms with van der Waals surface area (Å²) in [5.74, 6) is -1.71. The van der Waals surface area contributed by atoms with Crippen LogP contribution in [0.1, 0.15) is 22.2 Å². The Morgan fingerprint density at radius 3 is 2.55 bits per heavy atom. The molecule has 0 saturated carbocycles. The molecule has 0 radical (unpaired) electrons. The van der Waals surface area contributed by atoms with Crippen LogP contribution in [0, 0.1) is 0 Å². The predicted molar refractivity (Wildman–Crippen MR) is 84.9 cm³/mol. The molecule has 6 nitrogen and oxygen atoms in total. The Balaban J connectivity index is 2.30. The van der Waals surface area contributed by atoms with Gasteiger partial charge in [0.05, 0.1) is 0 Å². The van der Waals surface area contributed by atoms with Crippen molar-refractivity contribution >= 4 is 43.1 Å². The van der Waals surface area contributed by atoms with Gasteiger partial charge in [-0.1, -0.05) is 18.2 Å². The highest BCUT2D eigenvalue weighted by atomic mass is 32.2. The number of thiophene rings is 1. The Morgan fingerprint density at radius 2 is 1.95 bits per heavy atom. The van der Waals surface area contributed by atoms with Crippen LogP contribution in [0.3, 0.4) is 0 Å². The van der Waals surface area contributed by atoms with Crippen molar-refractivity contribution < 1.29 is 23.1 Å². The lowest BCUT2D eigenvalue weighted by molar-refractivity contribution is -0.120. The van der Waals surface area contributed by atoms with Gasteiger partial charge in [-0.3, -0.25) is 4.79 Å². The Kier molecular flexibility index (Phi) is 4.52. The summed E-state index contributed by atoms with van der Waals surface area (Å²) in [6.45, 7) is 1.28. The van der Waals surface area contributed by atoms with Gasteiger partial charge < -0.3 is 10.4 Å². The number of aromatic carboxylic acids is 1. The number of hydrogen-bond acceptors (Lipinski definition) is 5. The van der Waals surface area contributed by atoms with Crippen molar-refractivity contribution in [2.45, 2.75) is 18.7 Å². The molecule has 1 amide bonds. The van der Waals surface area contributed by atoms with Crippen molar-refractivity contribution in [2.24, 2.45) is 0 Å². The number of carboxylic acids is 1. The molecular formula is C14H15NO5S2. The first-order chi connectivity index (χ1) is 10.2. The van der Waals surface area contributed by atoms with E-state index in [-0.39, 0.29) is 11.4 Å². The SMILES string of the molecule is CC(C(=O)NCc1c(C(=O)O)sc2ccccc12)S(C)(=O)=O. The molecule has 1 aromatic heterocycles. The molecule has 1 unspecified atom stereocenters. The fourth-order valence-corrected chi connectivity index (χ4v) is 3.49. The zero-order chi connectivity index (χ0) is 16.5. The van der Waals surface area contributed by atoms with Gasteiger partial charge >= 0.3 is 5.97 Å². The summed E-state index contributed by atoms with van der Waals surface area (Å²) in [6.07, 6.45) is 0.986.